The van der Waals surface area contributed by atoms with E-state index in [2.05, 4.69) is 18.7 Å². The Morgan fingerprint density at radius 2 is 1.67 bits per heavy atom. The van der Waals surface area contributed by atoms with Gasteiger partial charge < -0.3 is 10.5 Å². The third kappa shape index (κ3) is 3.06. The summed E-state index contributed by atoms with van der Waals surface area (Å²) in [5.74, 6) is 0. The third-order valence-electron chi connectivity index (χ3n) is 4.75. The largest absolute Gasteiger partial charge is 0.377 e. The summed E-state index contributed by atoms with van der Waals surface area (Å²) in [4.78, 5) is 2.69. The predicted octanol–water partition coefficient (Wildman–Crippen LogP) is 2.54. The lowest BCUT2D eigenvalue weighted by atomic mass is 9.85. The highest BCUT2D eigenvalue weighted by atomic mass is 16.5. The van der Waals surface area contributed by atoms with E-state index in [9.17, 15) is 0 Å². The third-order valence-corrected chi connectivity index (χ3v) is 4.75. The minimum absolute atomic E-state index is 0.181. The lowest BCUT2D eigenvalue weighted by Gasteiger charge is -2.47. The van der Waals surface area contributed by atoms with E-state index in [1.165, 1.54) is 58.0 Å². The first-order chi connectivity index (χ1) is 8.65. The molecule has 3 heteroatoms. The van der Waals surface area contributed by atoms with Crippen molar-refractivity contribution in [1.82, 2.24) is 4.90 Å². The van der Waals surface area contributed by atoms with Crippen molar-refractivity contribution in [3.63, 3.8) is 0 Å². The molecule has 0 amide bonds. The molecule has 2 rings (SSSR count). The van der Waals surface area contributed by atoms with E-state index in [1.807, 2.05) is 0 Å². The van der Waals surface area contributed by atoms with Gasteiger partial charge in [-0.2, -0.15) is 0 Å². The number of likely N-dealkylation sites (tertiary alicyclic amines) is 1. The van der Waals surface area contributed by atoms with Gasteiger partial charge >= 0.3 is 0 Å². The predicted molar refractivity (Wildman–Crippen MR) is 75.7 cm³/mol. The smallest absolute Gasteiger partial charge is 0.0639 e. The van der Waals surface area contributed by atoms with Gasteiger partial charge in [0.1, 0.15) is 0 Å². The van der Waals surface area contributed by atoms with Crippen LogP contribution >= 0.6 is 0 Å². The first-order valence-corrected chi connectivity index (χ1v) is 7.77. The number of hydrogen-bond donors (Lipinski definition) is 1. The number of rotatable bonds is 5. The molecule has 0 spiro atoms. The highest BCUT2D eigenvalue weighted by Gasteiger charge is 2.44. The van der Waals surface area contributed by atoms with Crippen molar-refractivity contribution in [1.29, 1.82) is 0 Å². The number of nitrogens with zero attached hydrogens (tertiary/aromatic N) is 1. The number of hydrogen-bond acceptors (Lipinski definition) is 3. The molecular formula is C15H30N2O. The van der Waals surface area contributed by atoms with Crippen LogP contribution in [0.25, 0.3) is 0 Å². The van der Waals surface area contributed by atoms with Gasteiger partial charge in [-0.1, -0.05) is 19.3 Å². The van der Waals surface area contributed by atoms with E-state index < -0.39 is 0 Å². The summed E-state index contributed by atoms with van der Waals surface area (Å²) >= 11 is 0. The lowest BCUT2D eigenvalue weighted by molar-refractivity contribution is -0.00505. The molecule has 0 bridgehead atoms. The van der Waals surface area contributed by atoms with Crippen LogP contribution in [-0.4, -0.2) is 42.3 Å². The molecule has 0 aromatic rings. The summed E-state index contributed by atoms with van der Waals surface area (Å²) in [6.07, 6.45) is 9.60. The van der Waals surface area contributed by atoms with E-state index >= 15 is 0 Å². The van der Waals surface area contributed by atoms with Crippen LogP contribution in [-0.2, 0) is 4.74 Å². The first-order valence-electron chi connectivity index (χ1n) is 7.77. The van der Waals surface area contributed by atoms with Gasteiger partial charge in [-0.25, -0.2) is 0 Å². The molecule has 1 saturated heterocycles. The zero-order valence-corrected chi connectivity index (χ0v) is 12.2. The van der Waals surface area contributed by atoms with Crippen LogP contribution < -0.4 is 5.73 Å². The topological polar surface area (TPSA) is 38.5 Å². The molecule has 1 aliphatic heterocycles. The normalized spacial score (nSPS) is 26.7. The molecule has 1 atom stereocenters. The molecule has 1 heterocycles. The molecule has 1 unspecified atom stereocenters. The number of nitrogens with two attached hydrogens (primary N) is 1. The Labute approximate surface area is 112 Å². The Kier molecular flexibility index (Phi) is 5.05. The lowest BCUT2D eigenvalue weighted by Crippen LogP contribution is -2.61. The van der Waals surface area contributed by atoms with Crippen LogP contribution in [0.1, 0.15) is 58.8 Å². The van der Waals surface area contributed by atoms with E-state index in [4.69, 9.17) is 10.5 Å². The van der Waals surface area contributed by atoms with Crippen molar-refractivity contribution in [3.05, 3.63) is 0 Å². The molecular weight excluding hydrogens is 224 g/mol. The Morgan fingerprint density at radius 1 is 1.06 bits per heavy atom. The van der Waals surface area contributed by atoms with Crippen LogP contribution in [0.15, 0.2) is 0 Å². The van der Waals surface area contributed by atoms with Crippen molar-refractivity contribution < 1.29 is 4.74 Å². The van der Waals surface area contributed by atoms with Crippen molar-refractivity contribution in [2.45, 2.75) is 76.5 Å². The summed E-state index contributed by atoms with van der Waals surface area (Å²) in [7, 11) is 0. The Balaban J connectivity index is 2.00. The molecule has 2 N–H and O–H groups in total. The second-order valence-corrected chi connectivity index (χ2v) is 6.35. The monoisotopic (exact) mass is 254 g/mol. The van der Waals surface area contributed by atoms with Crippen molar-refractivity contribution >= 4 is 0 Å². The number of piperidine rings is 1. The van der Waals surface area contributed by atoms with Gasteiger partial charge in [0.2, 0.25) is 0 Å². The standard InChI is InChI=1S/C15H30N2O/c1-13(2)18-12-14(16)15(8-4-5-9-15)17-10-6-3-7-11-17/h13-14H,3-12,16H2,1-2H3. The van der Waals surface area contributed by atoms with E-state index in [0.29, 0.717) is 6.61 Å². The second-order valence-electron chi connectivity index (χ2n) is 6.35. The summed E-state index contributed by atoms with van der Waals surface area (Å²) < 4.78 is 5.78. The summed E-state index contributed by atoms with van der Waals surface area (Å²) in [5, 5.41) is 0. The van der Waals surface area contributed by atoms with Gasteiger partial charge in [-0.05, 0) is 52.6 Å². The van der Waals surface area contributed by atoms with Crippen LogP contribution in [0.4, 0.5) is 0 Å². The minimum atomic E-state index is 0.181. The van der Waals surface area contributed by atoms with Gasteiger partial charge in [0.05, 0.1) is 12.7 Å². The molecule has 1 saturated carbocycles. The highest BCUT2D eigenvalue weighted by Crippen LogP contribution is 2.39. The first kappa shape index (κ1) is 14.3. The molecule has 0 aromatic heterocycles. The SMILES string of the molecule is CC(C)OCC(N)C1(N2CCCCC2)CCCC1. The van der Waals surface area contributed by atoms with Crippen molar-refractivity contribution in [3.8, 4) is 0 Å². The fourth-order valence-electron chi connectivity index (χ4n) is 3.70. The summed E-state index contributed by atoms with van der Waals surface area (Å²) in [6, 6.07) is 0.181. The molecule has 3 nitrogen and oxygen atoms in total. The average Bonchev–Trinajstić information content (AvgIpc) is 2.87. The molecule has 2 aliphatic rings. The number of ether oxygens (including phenoxy) is 1. The second kappa shape index (κ2) is 6.36. The quantitative estimate of drug-likeness (QED) is 0.819. The maximum Gasteiger partial charge on any atom is 0.0639 e. The van der Waals surface area contributed by atoms with E-state index in [-0.39, 0.29) is 17.7 Å². The molecule has 1 aliphatic carbocycles. The van der Waals surface area contributed by atoms with Gasteiger partial charge in [-0.3, -0.25) is 4.90 Å². The van der Waals surface area contributed by atoms with Gasteiger partial charge in [0, 0.05) is 11.6 Å². The maximum absolute atomic E-state index is 6.53. The van der Waals surface area contributed by atoms with Gasteiger partial charge in [0.15, 0.2) is 0 Å². The zero-order valence-electron chi connectivity index (χ0n) is 12.2. The van der Waals surface area contributed by atoms with Crippen molar-refractivity contribution in [2.75, 3.05) is 19.7 Å². The molecule has 18 heavy (non-hydrogen) atoms. The zero-order chi connectivity index (χ0) is 13.0. The van der Waals surface area contributed by atoms with Crippen LogP contribution in [0.5, 0.6) is 0 Å². The fourth-order valence-corrected chi connectivity index (χ4v) is 3.70. The maximum atomic E-state index is 6.53. The van der Waals surface area contributed by atoms with Crippen LogP contribution in [0.3, 0.4) is 0 Å². The fraction of sp³-hybridized carbons (Fsp3) is 1.00. The minimum Gasteiger partial charge on any atom is -0.377 e. The molecule has 0 aromatic carbocycles. The van der Waals surface area contributed by atoms with Gasteiger partial charge in [-0.15, -0.1) is 0 Å². The van der Waals surface area contributed by atoms with Crippen LogP contribution in [0.2, 0.25) is 0 Å². The van der Waals surface area contributed by atoms with E-state index in [0.717, 1.165) is 0 Å². The highest BCUT2D eigenvalue weighted by molar-refractivity contribution is 5.03. The Bertz CT molecular complexity index is 243. The molecule has 106 valence electrons. The van der Waals surface area contributed by atoms with Crippen molar-refractivity contribution in [2.24, 2.45) is 5.73 Å². The average molecular weight is 254 g/mol. The Hall–Kier alpha value is -0.120. The molecule has 0 radical (unpaired) electrons. The summed E-state index contributed by atoms with van der Waals surface area (Å²) in [6.45, 7) is 7.39. The molecule has 2 fully saturated rings. The van der Waals surface area contributed by atoms with Gasteiger partial charge in [0.25, 0.3) is 0 Å². The van der Waals surface area contributed by atoms with E-state index in [1.54, 1.807) is 0 Å². The van der Waals surface area contributed by atoms with Crippen LogP contribution in [0, 0.1) is 0 Å². The Morgan fingerprint density at radius 3 is 2.22 bits per heavy atom. The summed E-state index contributed by atoms with van der Waals surface area (Å²) in [5.41, 5.74) is 6.77.